The van der Waals surface area contributed by atoms with Gasteiger partial charge in [-0.15, -0.1) is 6.58 Å². The second-order valence-electron chi connectivity index (χ2n) is 2.54. The molecule has 1 aromatic rings. The molecule has 0 bridgehead atoms. The highest BCUT2D eigenvalue weighted by Gasteiger charge is 2.07. The summed E-state index contributed by atoms with van der Waals surface area (Å²) in [5.74, 6) is -1.06. The molecule has 1 heterocycles. The van der Waals surface area contributed by atoms with E-state index in [-0.39, 0.29) is 11.7 Å². The van der Waals surface area contributed by atoms with Gasteiger partial charge in [-0.1, -0.05) is 6.08 Å². The third-order valence-corrected chi connectivity index (χ3v) is 1.64. The number of hydrogen-bond acceptors (Lipinski definition) is 3. The summed E-state index contributed by atoms with van der Waals surface area (Å²) >= 11 is 0. The quantitative estimate of drug-likeness (QED) is 0.676. The normalized spacial score (nSPS) is 12.1. The van der Waals surface area contributed by atoms with E-state index in [2.05, 4.69) is 11.6 Å². The Hall–Kier alpha value is -1.68. The summed E-state index contributed by atoms with van der Waals surface area (Å²) < 4.78 is 0. The van der Waals surface area contributed by atoms with Crippen LogP contribution in [0.1, 0.15) is 22.1 Å². The Morgan fingerprint density at radius 2 is 2.46 bits per heavy atom. The molecule has 0 aliphatic carbocycles. The van der Waals surface area contributed by atoms with Crippen molar-refractivity contribution < 1.29 is 9.90 Å². The Morgan fingerprint density at radius 1 is 1.77 bits per heavy atom. The van der Waals surface area contributed by atoms with Crippen LogP contribution in [0.3, 0.4) is 0 Å². The van der Waals surface area contributed by atoms with Gasteiger partial charge in [0.05, 0.1) is 0 Å². The molecule has 0 saturated carbocycles. The van der Waals surface area contributed by atoms with E-state index in [0.29, 0.717) is 5.56 Å². The van der Waals surface area contributed by atoms with Crippen molar-refractivity contribution in [2.45, 2.75) is 6.04 Å². The first-order valence-corrected chi connectivity index (χ1v) is 3.72. The molecule has 0 unspecified atom stereocenters. The molecule has 1 atom stereocenters. The van der Waals surface area contributed by atoms with Crippen LogP contribution < -0.4 is 5.73 Å². The summed E-state index contributed by atoms with van der Waals surface area (Å²) in [7, 11) is 0. The van der Waals surface area contributed by atoms with E-state index < -0.39 is 5.97 Å². The van der Waals surface area contributed by atoms with Crippen molar-refractivity contribution in [1.82, 2.24) is 4.98 Å². The molecule has 0 amide bonds. The van der Waals surface area contributed by atoms with Gasteiger partial charge in [0.2, 0.25) is 0 Å². The Morgan fingerprint density at radius 3 is 3.00 bits per heavy atom. The lowest BCUT2D eigenvalue weighted by Crippen LogP contribution is -2.09. The molecule has 0 radical (unpaired) electrons. The summed E-state index contributed by atoms with van der Waals surface area (Å²) in [6.07, 6.45) is 2.96. The molecule has 4 nitrogen and oxygen atoms in total. The maximum absolute atomic E-state index is 10.5. The number of nitrogens with two attached hydrogens (primary N) is 1. The maximum Gasteiger partial charge on any atom is 0.354 e. The van der Waals surface area contributed by atoms with Gasteiger partial charge in [-0.05, 0) is 17.7 Å². The predicted molar refractivity (Wildman–Crippen MR) is 48.3 cm³/mol. The minimum Gasteiger partial charge on any atom is -0.477 e. The Bertz CT molecular complexity index is 336. The van der Waals surface area contributed by atoms with Crippen LogP contribution in [0.5, 0.6) is 0 Å². The monoisotopic (exact) mass is 178 g/mol. The smallest absolute Gasteiger partial charge is 0.354 e. The molecule has 0 aliphatic heterocycles. The van der Waals surface area contributed by atoms with Crippen LogP contribution in [0.2, 0.25) is 0 Å². The van der Waals surface area contributed by atoms with Gasteiger partial charge >= 0.3 is 5.97 Å². The molecule has 3 N–H and O–H groups in total. The fourth-order valence-electron chi connectivity index (χ4n) is 0.907. The summed E-state index contributed by atoms with van der Waals surface area (Å²) in [4.78, 5) is 14.2. The van der Waals surface area contributed by atoms with Crippen molar-refractivity contribution in [2.75, 3.05) is 0 Å². The zero-order valence-corrected chi connectivity index (χ0v) is 6.97. The fraction of sp³-hybridized carbons (Fsp3) is 0.111. The van der Waals surface area contributed by atoms with Crippen LogP contribution in [0.15, 0.2) is 31.0 Å². The third kappa shape index (κ3) is 2.13. The van der Waals surface area contributed by atoms with E-state index >= 15 is 0 Å². The minimum atomic E-state index is -1.06. The fourth-order valence-corrected chi connectivity index (χ4v) is 0.907. The van der Waals surface area contributed by atoms with Crippen molar-refractivity contribution in [1.29, 1.82) is 0 Å². The minimum absolute atomic E-state index is 0.00481. The molecular weight excluding hydrogens is 168 g/mol. The van der Waals surface area contributed by atoms with E-state index in [9.17, 15) is 4.79 Å². The molecule has 0 fully saturated rings. The number of carboxylic acids is 1. The average Bonchev–Trinajstić information content (AvgIpc) is 2.17. The van der Waals surface area contributed by atoms with Gasteiger partial charge in [-0.3, -0.25) is 0 Å². The highest BCUT2D eigenvalue weighted by molar-refractivity contribution is 5.85. The zero-order valence-electron chi connectivity index (χ0n) is 6.97. The van der Waals surface area contributed by atoms with E-state index in [1.165, 1.54) is 12.3 Å². The number of carbonyl (C=O) groups is 1. The second kappa shape index (κ2) is 3.82. The van der Waals surface area contributed by atoms with Crippen LogP contribution in [0, 0.1) is 0 Å². The Kier molecular flexibility index (Phi) is 2.76. The number of hydrogen-bond donors (Lipinski definition) is 2. The van der Waals surface area contributed by atoms with Gasteiger partial charge in [-0.25, -0.2) is 9.78 Å². The third-order valence-electron chi connectivity index (χ3n) is 1.64. The predicted octanol–water partition coefficient (Wildman–Crippen LogP) is 0.966. The molecule has 0 spiro atoms. The van der Waals surface area contributed by atoms with Crippen LogP contribution in [-0.4, -0.2) is 16.1 Å². The molecule has 0 aromatic carbocycles. The molecular formula is C9H10N2O2. The summed E-state index contributed by atoms with van der Waals surface area (Å²) in [5.41, 5.74) is 6.32. The van der Waals surface area contributed by atoms with E-state index in [4.69, 9.17) is 10.8 Å². The van der Waals surface area contributed by atoms with Crippen molar-refractivity contribution in [3.05, 3.63) is 42.2 Å². The SMILES string of the molecule is C=C[C@H](N)c1ccnc(C(=O)O)c1. The first kappa shape index (κ1) is 9.41. The van der Waals surface area contributed by atoms with Gasteiger partial charge in [0, 0.05) is 12.2 Å². The largest absolute Gasteiger partial charge is 0.477 e. The standard InChI is InChI=1S/C9H10N2O2/c1-2-7(10)6-3-4-11-8(5-6)9(12)13/h2-5,7H,1,10H2,(H,12,13)/t7-/m0/s1. The van der Waals surface area contributed by atoms with Crippen molar-refractivity contribution in [3.63, 3.8) is 0 Å². The first-order valence-electron chi connectivity index (χ1n) is 3.72. The molecule has 1 rings (SSSR count). The number of nitrogens with zero attached hydrogens (tertiary/aromatic N) is 1. The Balaban J connectivity index is 3.04. The lowest BCUT2D eigenvalue weighted by atomic mass is 10.1. The van der Waals surface area contributed by atoms with Crippen LogP contribution in [-0.2, 0) is 0 Å². The van der Waals surface area contributed by atoms with E-state index in [0.717, 1.165) is 0 Å². The number of carboxylic acid groups (broad SMARTS) is 1. The van der Waals surface area contributed by atoms with E-state index in [1.54, 1.807) is 12.1 Å². The van der Waals surface area contributed by atoms with Gasteiger partial charge in [0.1, 0.15) is 5.69 Å². The zero-order chi connectivity index (χ0) is 9.84. The molecule has 0 saturated heterocycles. The number of aromatic nitrogens is 1. The van der Waals surface area contributed by atoms with Gasteiger partial charge in [0.25, 0.3) is 0 Å². The molecule has 68 valence electrons. The number of aromatic carboxylic acids is 1. The van der Waals surface area contributed by atoms with Crippen LogP contribution in [0.25, 0.3) is 0 Å². The van der Waals surface area contributed by atoms with Crippen molar-refractivity contribution in [2.24, 2.45) is 5.73 Å². The molecule has 0 aliphatic rings. The van der Waals surface area contributed by atoms with Crippen LogP contribution >= 0.6 is 0 Å². The van der Waals surface area contributed by atoms with Gasteiger partial charge in [-0.2, -0.15) is 0 Å². The topological polar surface area (TPSA) is 76.2 Å². The lowest BCUT2D eigenvalue weighted by molar-refractivity contribution is 0.0690. The van der Waals surface area contributed by atoms with Crippen LogP contribution in [0.4, 0.5) is 0 Å². The maximum atomic E-state index is 10.5. The van der Waals surface area contributed by atoms with Gasteiger partial charge in [0.15, 0.2) is 0 Å². The highest BCUT2D eigenvalue weighted by atomic mass is 16.4. The molecule has 1 aromatic heterocycles. The summed E-state index contributed by atoms with van der Waals surface area (Å²) in [5, 5.41) is 8.63. The average molecular weight is 178 g/mol. The van der Waals surface area contributed by atoms with Gasteiger partial charge < -0.3 is 10.8 Å². The number of rotatable bonds is 3. The second-order valence-corrected chi connectivity index (χ2v) is 2.54. The first-order chi connectivity index (χ1) is 6.15. The summed E-state index contributed by atoms with van der Waals surface area (Å²) in [6, 6.07) is 2.76. The molecule has 13 heavy (non-hydrogen) atoms. The van der Waals surface area contributed by atoms with E-state index in [1.807, 2.05) is 0 Å². The van der Waals surface area contributed by atoms with Crippen molar-refractivity contribution in [3.8, 4) is 0 Å². The number of pyridine rings is 1. The highest BCUT2D eigenvalue weighted by Crippen LogP contribution is 2.10. The summed E-state index contributed by atoms with van der Waals surface area (Å²) in [6.45, 7) is 3.52. The molecule has 4 heteroatoms. The van der Waals surface area contributed by atoms with Crippen molar-refractivity contribution >= 4 is 5.97 Å². The Labute approximate surface area is 75.7 Å². The lowest BCUT2D eigenvalue weighted by Gasteiger charge is -2.05.